The summed E-state index contributed by atoms with van der Waals surface area (Å²) < 4.78 is 5.60. The lowest BCUT2D eigenvalue weighted by Gasteiger charge is -2.20. The van der Waals surface area contributed by atoms with Gasteiger partial charge < -0.3 is 14.5 Å². The maximum Gasteiger partial charge on any atom is 0.302 e. The van der Waals surface area contributed by atoms with E-state index in [4.69, 9.17) is 4.42 Å². The molecule has 7 nitrogen and oxygen atoms in total. The predicted octanol–water partition coefficient (Wildman–Crippen LogP) is 4.96. The van der Waals surface area contributed by atoms with Crippen LogP contribution in [0.2, 0.25) is 0 Å². The van der Waals surface area contributed by atoms with E-state index in [9.17, 15) is 14.7 Å². The molecule has 1 amide bonds. The van der Waals surface area contributed by atoms with Crippen molar-refractivity contribution in [2.24, 2.45) is 0 Å². The molecule has 3 heterocycles. The first kappa shape index (κ1) is 20.8. The van der Waals surface area contributed by atoms with E-state index < -0.39 is 17.7 Å². The molecule has 0 aliphatic carbocycles. The zero-order chi connectivity index (χ0) is 23.3. The van der Waals surface area contributed by atoms with Crippen LogP contribution in [0.25, 0.3) is 16.8 Å². The van der Waals surface area contributed by atoms with Gasteiger partial charge in [-0.05, 0) is 61.2 Å². The van der Waals surface area contributed by atoms with E-state index in [-0.39, 0.29) is 17.3 Å². The number of nitrogens with one attached hydrogen (secondary N) is 1. The van der Waals surface area contributed by atoms with Crippen LogP contribution in [-0.2, 0) is 16.0 Å². The Morgan fingerprint density at radius 1 is 1.12 bits per heavy atom. The lowest BCUT2D eigenvalue weighted by Crippen LogP contribution is -2.30. The Labute approximate surface area is 190 Å². The molecule has 1 aliphatic heterocycles. The second kappa shape index (κ2) is 7.78. The summed E-state index contributed by atoms with van der Waals surface area (Å²) in [6.45, 7) is 6.02. The van der Waals surface area contributed by atoms with Crippen LogP contribution in [0.5, 0.6) is 0 Å². The van der Waals surface area contributed by atoms with Crippen molar-refractivity contribution in [2.75, 3.05) is 4.90 Å². The number of imidazole rings is 1. The first-order valence-electron chi connectivity index (χ1n) is 10.8. The predicted molar refractivity (Wildman–Crippen MR) is 125 cm³/mol. The van der Waals surface area contributed by atoms with Gasteiger partial charge in [-0.15, -0.1) is 0 Å². The normalized spacial score (nSPS) is 17.9. The first-order valence-corrected chi connectivity index (χ1v) is 10.8. The number of ketones is 1. The van der Waals surface area contributed by atoms with E-state index in [1.165, 1.54) is 11.2 Å². The molecule has 2 aromatic carbocycles. The molecule has 0 spiro atoms. The van der Waals surface area contributed by atoms with E-state index in [2.05, 4.69) is 9.97 Å². The van der Waals surface area contributed by atoms with Gasteiger partial charge in [0.1, 0.15) is 17.6 Å². The molecule has 1 saturated heterocycles. The number of furan rings is 1. The number of hydrogen-bond acceptors (Lipinski definition) is 5. The summed E-state index contributed by atoms with van der Waals surface area (Å²) in [5.41, 5.74) is 5.11. The maximum atomic E-state index is 13.2. The Kier molecular flexibility index (Phi) is 4.89. The van der Waals surface area contributed by atoms with E-state index in [0.717, 1.165) is 28.6 Å². The van der Waals surface area contributed by atoms with Crippen LogP contribution < -0.4 is 4.90 Å². The SMILES string of the molecule is CCc1ccc(/C(O)=C2\C(=O)C(=O)N(c3nc4cc(C)c(C)cc4[nH]3)C2c2ccco2)cc1. The Morgan fingerprint density at radius 2 is 1.85 bits per heavy atom. The number of aliphatic hydroxyl groups excluding tert-OH is 1. The molecule has 0 saturated carbocycles. The van der Waals surface area contributed by atoms with Gasteiger partial charge >= 0.3 is 5.91 Å². The van der Waals surface area contributed by atoms with Gasteiger partial charge in [-0.2, -0.15) is 0 Å². The van der Waals surface area contributed by atoms with Crippen LogP contribution in [0, 0.1) is 13.8 Å². The molecule has 2 N–H and O–H groups in total. The molecule has 166 valence electrons. The molecule has 2 aromatic heterocycles. The van der Waals surface area contributed by atoms with Crippen LogP contribution in [0.4, 0.5) is 5.95 Å². The molecule has 0 bridgehead atoms. The lowest BCUT2D eigenvalue weighted by molar-refractivity contribution is -0.132. The largest absolute Gasteiger partial charge is 0.507 e. The second-order valence-corrected chi connectivity index (χ2v) is 8.25. The van der Waals surface area contributed by atoms with E-state index in [0.29, 0.717) is 16.8 Å². The number of Topliss-reactive ketones (excluding diaryl/α,β-unsaturated/α-hetero) is 1. The van der Waals surface area contributed by atoms with Crippen molar-refractivity contribution in [3.05, 3.63) is 88.4 Å². The van der Waals surface area contributed by atoms with Crippen molar-refractivity contribution >= 4 is 34.4 Å². The highest BCUT2D eigenvalue weighted by molar-refractivity contribution is 6.51. The number of amides is 1. The highest BCUT2D eigenvalue weighted by Crippen LogP contribution is 2.42. The number of aromatic nitrogens is 2. The van der Waals surface area contributed by atoms with Crippen molar-refractivity contribution in [3.8, 4) is 0 Å². The van der Waals surface area contributed by atoms with Crippen molar-refractivity contribution in [2.45, 2.75) is 33.2 Å². The lowest BCUT2D eigenvalue weighted by atomic mass is 9.98. The molecule has 1 unspecified atom stereocenters. The Hall–Kier alpha value is -4.13. The number of aromatic amines is 1. The second-order valence-electron chi connectivity index (χ2n) is 8.25. The highest BCUT2D eigenvalue weighted by atomic mass is 16.3. The topological polar surface area (TPSA) is 99.4 Å². The minimum atomic E-state index is -0.950. The van der Waals surface area contributed by atoms with Crippen molar-refractivity contribution in [1.29, 1.82) is 0 Å². The molecule has 1 fully saturated rings. The molecule has 4 aromatic rings. The van der Waals surface area contributed by atoms with Crippen LogP contribution in [-0.4, -0.2) is 26.8 Å². The van der Waals surface area contributed by atoms with Crippen molar-refractivity contribution in [3.63, 3.8) is 0 Å². The fraction of sp³-hybridized carbons (Fsp3) is 0.192. The van der Waals surface area contributed by atoms with Gasteiger partial charge in [0, 0.05) is 5.56 Å². The minimum absolute atomic E-state index is 0.0352. The van der Waals surface area contributed by atoms with Gasteiger partial charge in [-0.3, -0.25) is 14.5 Å². The molecule has 33 heavy (non-hydrogen) atoms. The van der Waals surface area contributed by atoms with E-state index in [1.807, 2.05) is 45.0 Å². The van der Waals surface area contributed by atoms with Crippen molar-refractivity contribution in [1.82, 2.24) is 9.97 Å². The molecule has 1 atom stereocenters. The smallest absolute Gasteiger partial charge is 0.302 e. The van der Waals surface area contributed by atoms with Gasteiger partial charge in [0.2, 0.25) is 5.95 Å². The summed E-state index contributed by atoms with van der Waals surface area (Å²) in [7, 11) is 0. The molecule has 1 aliphatic rings. The highest BCUT2D eigenvalue weighted by Gasteiger charge is 2.49. The fourth-order valence-electron chi connectivity index (χ4n) is 4.19. The molecule has 0 radical (unpaired) electrons. The number of benzene rings is 2. The van der Waals surface area contributed by atoms with Crippen LogP contribution in [0.15, 0.2) is 64.8 Å². The average Bonchev–Trinajstić information content (AvgIpc) is 3.53. The average molecular weight is 441 g/mol. The summed E-state index contributed by atoms with van der Waals surface area (Å²) in [4.78, 5) is 35.4. The quantitative estimate of drug-likeness (QED) is 0.265. The zero-order valence-corrected chi connectivity index (χ0v) is 18.5. The summed E-state index contributed by atoms with van der Waals surface area (Å²) >= 11 is 0. The van der Waals surface area contributed by atoms with Crippen LogP contribution in [0.3, 0.4) is 0 Å². The molecule has 7 heteroatoms. The van der Waals surface area contributed by atoms with Gasteiger partial charge in [0.05, 0.1) is 22.9 Å². The van der Waals surface area contributed by atoms with Gasteiger partial charge in [0.15, 0.2) is 0 Å². The number of anilines is 1. The van der Waals surface area contributed by atoms with E-state index in [1.54, 1.807) is 24.3 Å². The third-order valence-corrected chi connectivity index (χ3v) is 6.21. The van der Waals surface area contributed by atoms with Crippen LogP contribution >= 0.6 is 0 Å². The number of hydrogen-bond donors (Lipinski definition) is 2. The number of carbonyl (C=O) groups excluding carboxylic acids is 2. The summed E-state index contributed by atoms with van der Waals surface area (Å²) in [5.74, 6) is -1.24. The number of rotatable bonds is 4. The standard InChI is InChI=1S/C26H23N3O4/c1-4-16-7-9-17(10-8-16)23(30)21-22(20-6-5-11-33-20)29(25(32)24(21)31)26-27-18-12-14(2)15(3)13-19(18)28-26/h5-13,22,30H,4H2,1-3H3,(H,27,28)/b23-21+. The van der Waals surface area contributed by atoms with Crippen LogP contribution in [0.1, 0.15) is 41.0 Å². The minimum Gasteiger partial charge on any atom is -0.507 e. The van der Waals surface area contributed by atoms with Gasteiger partial charge in [-0.1, -0.05) is 31.2 Å². The third kappa shape index (κ3) is 3.33. The number of H-pyrrole nitrogens is 1. The zero-order valence-electron chi connectivity index (χ0n) is 18.5. The molecule has 5 rings (SSSR count). The molecular weight excluding hydrogens is 418 g/mol. The summed E-state index contributed by atoms with van der Waals surface area (Å²) in [5, 5.41) is 11.1. The maximum absolute atomic E-state index is 13.2. The molecular formula is C26H23N3O4. The fourth-order valence-corrected chi connectivity index (χ4v) is 4.19. The number of nitrogens with zero attached hydrogens (tertiary/aromatic N) is 2. The summed E-state index contributed by atoms with van der Waals surface area (Å²) in [6, 6.07) is 13.5. The summed E-state index contributed by atoms with van der Waals surface area (Å²) in [6.07, 6.45) is 2.32. The number of aliphatic hydroxyl groups is 1. The Bertz CT molecular complexity index is 1370. The number of fused-ring (bicyclic) bond motifs is 1. The first-order chi connectivity index (χ1) is 15.9. The van der Waals surface area contributed by atoms with E-state index >= 15 is 0 Å². The number of aryl methyl sites for hydroxylation is 3. The van der Waals surface area contributed by atoms with Gasteiger partial charge in [0.25, 0.3) is 5.78 Å². The van der Waals surface area contributed by atoms with Crippen molar-refractivity contribution < 1.29 is 19.1 Å². The Balaban J connectivity index is 1.69. The Morgan fingerprint density at radius 3 is 2.52 bits per heavy atom. The monoisotopic (exact) mass is 441 g/mol. The third-order valence-electron chi connectivity index (χ3n) is 6.21. The number of carbonyl (C=O) groups is 2. The van der Waals surface area contributed by atoms with Gasteiger partial charge in [-0.25, -0.2) is 4.98 Å².